The SMILES string of the molecule is O=C(O)[C@@H]1CCCN(C(=O)COc2ccc3c(c2)CCC3)C1. The first kappa shape index (κ1) is 14.9. The molecule has 0 spiro atoms. The van der Waals surface area contributed by atoms with E-state index in [-0.39, 0.29) is 12.5 Å². The van der Waals surface area contributed by atoms with Gasteiger partial charge in [-0.1, -0.05) is 6.07 Å². The second-order valence-electron chi connectivity index (χ2n) is 6.09. The number of likely N-dealkylation sites (tertiary alicyclic amines) is 1. The number of carbonyl (C=O) groups excluding carboxylic acids is 1. The molecule has 1 amide bonds. The minimum Gasteiger partial charge on any atom is -0.484 e. The smallest absolute Gasteiger partial charge is 0.308 e. The Balaban J connectivity index is 1.54. The Morgan fingerprint density at radius 3 is 2.86 bits per heavy atom. The van der Waals surface area contributed by atoms with E-state index >= 15 is 0 Å². The van der Waals surface area contributed by atoms with Crippen LogP contribution in [0.15, 0.2) is 18.2 Å². The lowest BCUT2D eigenvalue weighted by Gasteiger charge is -2.30. The number of hydrogen-bond donors (Lipinski definition) is 1. The lowest BCUT2D eigenvalue weighted by Crippen LogP contribution is -2.44. The molecule has 1 fully saturated rings. The first-order valence-corrected chi connectivity index (χ1v) is 7.88. The fourth-order valence-electron chi connectivity index (χ4n) is 3.28. The number of carbonyl (C=O) groups is 2. The predicted molar refractivity (Wildman–Crippen MR) is 80.9 cm³/mol. The monoisotopic (exact) mass is 303 g/mol. The molecule has 1 saturated heterocycles. The summed E-state index contributed by atoms with van der Waals surface area (Å²) in [6.07, 6.45) is 4.76. The van der Waals surface area contributed by atoms with Crippen LogP contribution in [-0.4, -0.2) is 41.6 Å². The molecule has 1 aliphatic carbocycles. The van der Waals surface area contributed by atoms with Crippen molar-refractivity contribution in [2.75, 3.05) is 19.7 Å². The van der Waals surface area contributed by atoms with Crippen molar-refractivity contribution < 1.29 is 19.4 Å². The van der Waals surface area contributed by atoms with Gasteiger partial charge in [0, 0.05) is 13.1 Å². The molecule has 1 aromatic carbocycles. The number of hydrogen-bond acceptors (Lipinski definition) is 3. The van der Waals surface area contributed by atoms with Crippen molar-refractivity contribution >= 4 is 11.9 Å². The molecule has 118 valence electrons. The van der Waals surface area contributed by atoms with Crippen LogP contribution in [0.3, 0.4) is 0 Å². The molecule has 5 heteroatoms. The molecule has 0 saturated carbocycles. The lowest BCUT2D eigenvalue weighted by atomic mass is 9.98. The number of nitrogens with zero attached hydrogens (tertiary/aromatic N) is 1. The fourth-order valence-corrected chi connectivity index (χ4v) is 3.28. The van der Waals surface area contributed by atoms with Crippen molar-refractivity contribution in [2.24, 2.45) is 5.92 Å². The Labute approximate surface area is 129 Å². The molecular formula is C17H21NO4. The molecule has 1 aromatic rings. The van der Waals surface area contributed by atoms with Gasteiger partial charge in [-0.2, -0.15) is 0 Å². The summed E-state index contributed by atoms with van der Waals surface area (Å²) in [6, 6.07) is 6.00. The van der Waals surface area contributed by atoms with Crippen molar-refractivity contribution in [3.63, 3.8) is 0 Å². The topological polar surface area (TPSA) is 66.8 Å². The predicted octanol–water partition coefficient (Wildman–Crippen LogP) is 1.88. The minimum atomic E-state index is -0.822. The van der Waals surface area contributed by atoms with Gasteiger partial charge in [-0.15, -0.1) is 0 Å². The summed E-state index contributed by atoms with van der Waals surface area (Å²) in [7, 11) is 0. The number of aryl methyl sites for hydroxylation is 2. The van der Waals surface area contributed by atoms with Gasteiger partial charge in [0.05, 0.1) is 5.92 Å². The zero-order valence-corrected chi connectivity index (χ0v) is 12.6. The number of aliphatic carboxylic acids is 1. The average molecular weight is 303 g/mol. The highest BCUT2D eigenvalue weighted by atomic mass is 16.5. The molecule has 2 aliphatic rings. The molecule has 22 heavy (non-hydrogen) atoms. The van der Waals surface area contributed by atoms with Gasteiger partial charge < -0.3 is 14.7 Å². The summed E-state index contributed by atoms with van der Waals surface area (Å²) in [5, 5.41) is 9.07. The first-order chi connectivity index (χ1) is 10.6. The van der Waals surface area contributed by atoms with E-state index in [1.807, 2.05) is 12.1 Å². The maximum absolute atomic E-state index is 12.2. The van der Waals surface area contributed by atoms with E-state index < -0.39 is 11.9 Å². The number of carboxylic acids is 1. The zero-order chi connectivity index (χ0) is 15.5. The second kappa shape index (κ2) is 6.38. The summed E-state index contributed by atoms with van der Waals surface area (Å²) in [5.41, 5.74) is 2.69. The Morgan fingerprint density at radius 1 is 1.23 bits per heavy atom. The first-order valence-electron chi connectivity index (χ1n) is 7.88. The summed E-state index contributed by atoms with van der Waals surface area (Å²) in [6.45, 7) is 0.892. The summed E-state index contributed by atoms with van der Waals surface area (Å²) in [5.74, 6) is -0.679. The number of piperidine rings is 1. The maximum atomic E-state index is 12.2. The fraction of sp³-hybridized carbons (Fsp3) is 0.529. The summed E-state index contributed by atoms with van der Waals surface area (Å²) >= 11 is 0. The van der Waals surface area contributed by atoms with Gasteiger partial charge in [-0.3, -0.25) is 9.59 Å². The Bertz CT molecular complexity index is 584. The Kier molecular flexibility index (Phi) is 4.32. The Morgan fingerprint density at radius 2 is 2.05 bits per heavy atom. The molecule has 0 unspecified atom stereocenters. The van der Waals surface area contributed by atoms with Crippen LogP contribution < -0.4 is 4.74 Å². The van der Waals surface area contributed by atoms with Crippen LogP contribution in [0.4, 0.5) is 0 Å². The van der Waals surface area contributed by atoms with Crippen LogP contribution >= 0.6 is 0 Å². The molecule has 1 heterocycles. The van der Waals surface area contributed by atoms with Gasteiger partial charge >= 0.3 is 5.97 Å². The number of amides is 1. The minimum absolute atomic E-state index is 0.0227. The molecule has 0 aromatic heterocycles. The van der Waals surface area contributed by atoms with E-state index in [0.29, 0.717) is 19.5 Å². The van der Waals surface area contributed by atoms with E-state index in [0.717, 1.165) is 25.0 Å². The normalized spacial score (nSPS) is 20.5. The second-order valence-corrected chi connectivity index (χ2v) is 6.09. The van der Waals surface area contributed by atoms with Crippen LogP contribution in [0.2, 0.25) is 0 Å². The average Bonchev–Trinajstić information content (AvgIpc) is 3.00. The van der Waals surface area contributed by atoms with E-state index in [1.165, 1.54) is 17.5 Å². The maximum Gasteiger partial charge on any atom is 0.308 e. The van der Waals surface area contributed by atoms with Crippen molar-refractivity contribution in [1.82, 2.24) is 4.90 Å². The van der Waals surface area contributed by atoms with Crippen LogP contribution in [-0.2, 0) is 22.4 Å². The van der Waals surface area contributed by atoms with Crippen LogP contribution in [0.25, 0.3) is 0 Å². The van der Waals surface area contributed by atoms with Crippen LogP contribution in [0, 0.1) is 5.92 Å². The van der Waals surface area contributed by atoms with Gasteiger partial charge in [0.2, 0.25) is 0 Å². The van der Waals surface area contributed by atoms with Gasteiger partial charge in [0.25, 0.3) is 5.91 Å². The number of benzene rings is 1. The van der Waals surface area contributed by atoms with Crippen LogP contribution in [0.1, 0.15) is 30.4 Å². The number of ether oxygens (including phenoxy) is 1. The highest BCUT2D eigenvalue weighted by molar-refractivity contribution is 5.79. The molecule has 1 N–H and O–H groups in total. The third-order valence-corrected chi connectivity index (χ3v) is 4.56. The summed E-state index contributed by atoms with van der Waals surface area (Å²) in [4.78, 5) is 24.8. The molecule has 1 atom stereocenters. The van der Waals surface area contributed by atoms with Gasteiger partial charge in [0.1, 0.15) is 5.75 Å². The van der Waals surface area contributed by atoms with Crippen molar-refractivity contribution in [2.45, 2.75) is 32.1 Å². The van der Waals surface area contributed by atoms with Crippen molar-refractivity contribution in [1.29, 1.82) is 0 Å². The lowest BCUT2D eigenvalue weighted by molar-refractivity contribution is -0.146. The van der Waals surface area contributed by atoms with E-state index in [4.69, 9.17) is 9.84 Å². The summed E-state index contributed by atoms with van der Waals surface area (Å²) < 4.78 is 5.60. The number of fused-ring (bicyclic) bond motifs is 1. The van der Waals surface area contributed by atoms with E-state index in [2.05, 4.69) is 6.07 Å². The molecule has 0 radical (unpaired) electrons. The van der Waals surface area contributed by atoms with Crippen molar-refractivity contribution in [3.8, 4) is 5.75 Å². The number of carboxylic acid groups (broad SMARTS) is 1. The molecular weight excluding hydrogens is 282 g/mol. The van der Waals surface area contributed by atoms with Gasteiger partial charge in [0.15, 0.2) is 6.61 Å². The number of rotatable bonds is 4. The third kappa shape index (κ3) is 3.24. The zero-order valence-electron chi connectivity index (χ0n) is 12.6. The Hall–Kier alpha value is -2.04. The van der Waals surface area contributed by atoms with E-state index in [1.54, 1.807) is 4.90 Å². The molecule has 0 bridgehead atoms. The highest BCUT2D eigenvalue weighted by Crippen LogP contribution is 2.26. The molecule has 3 rings (SSSR count). The standard InChI is InChI=1S/C17H21NO4/c19-16(18-8-2-5-14(10-18)17(20)21)11-22-15-7-6-12-3-1-4-13(12)9-15/h6-7,9,14H,1-5,8,10-11H2,(H,20,21)/t14-/m1/s1. The highest BCUT2D eigenvalue weighted by Gasteiger charge is 2.28. The quantitative estimate of drug-likeness (QED) is 0.922. The third-order valence-electron chi connectivity index (χ3n) is 4.56. The van der Waals surface area contributed by atoms with Gasteiger partial charge in [-0.05, 0) is 55.4 Å². The molecule has 1 aliphatic heterocycles. The van der Waals surface area contributed by atoms with E-state index in [9.17, 15) is 9.59 Å². The van der Waals surface area contributed by atoms with Gasteiger partial charge in [-0.25, -0.2) is 0 Å². The van der Waals surface area contributed by atoms with Crippen molar-refractivity contribution in [3.05, 3.63) is 29.3 Å². The molecule has 5 nitrogen and oxygen atoms in total. The largest absolute Gasteiger partial charge is 0.484 e. The van der Waals surface area contributed by atoms with Crippen LogP contribution in [0.5, 0.6) is 5.75 Å².